The van der Waals surface area contributed by atoms with Crippen molar-refractivity contribution in [2.45, 2.75) is 31.8 Å². The van der Waals surface area contributed by atoms with Crippen molar-refractivity contribution in [3.63, 3.8) is 0 Å². The zero-order valence-corrected chi connectivity index (χ0v) is 16.5. The number of nitrogens with zero attached hydrogens (tertiary/aromatic N) is 5. The van der Waals surface area contributed by atoms with Gasteiger partial charge in [0.1, 0.15) is 24.0 Å². The number of nitrogen functional groups attached to an aromatic ring is 1. The van der Waals surface area contributed by atoms with Crippen molar-refractivity contribution in [2.75, 3.05) is 12.3 Å². The Bertz CT molecular complexity index is 1220. The standard InChI is InChI=1S/C21H23N7O2/c1-12-4-2-3-5-15(12)28-9-13(8-26-28)14-10-27(18-6-16(29)17(7-22)30-18)21-19(14)20(23)24-11-25-21/h2-5,8-11,16-18,29H,6-7,22H2,1H3,(H2,23,24,25)/t16-,17+,18+/m0/s1. The average Bonchev–Trinajstić information content (AvgIpc) is 3.45. The summed E-state index contributed by atoms with van der Waals surface area (Å²) in [6, 6.07) is 8.05. The van der Waals surface area contributed by atoms with Gasteiger partial charge in [-0.25, -0.2) is 14.6 Å². The van der Waals surface area contributed by atoms with Gasteiger partial charge in [-0.05, 0) is 18.6 Å². The molecule has 9 nitrogen and oxygen atoms in total. The molecule has 0 aliphatic carbocycles. The van der Waals surface area contributed by atoms with Gasteiger partial charge >= 0.3 is 0 Å². The number of aromatic nitrogens is 5. The lowest BCUT2D eigenvalue weighted by atomic mass is 10.1. The van der Waals surface area contributed by atoms with Crippen molar-refractivity contribution in [3.8, 4) is 16.8 Å². The molecule has 4 heterocycles. The number of aryl methyl sites for hydroxylation is 1. The molecule has 5 N–H and O–H groups in total. The highest BCUT2D eigenvalue weighted by Gasteiger charge is 2.35. The number of nitrogens with two attached hydrogens (primary N) is 2. The quantitative estimate of drug-likeness (QED) is 0.472. The Morgan fingerprint density at radius 2 is 2.07 bits per heavy atom. The summed E-state index contributed by atoms with van der Waals surface area (Å²) in [5, 5.41) is 15.5. The van der Waals surface area contributed by atoms with Crippen LogP contribution < -0.4 is 11.5 Å². The van der Waals surface area contributed by atoms with Crippen LogP contribution in [0.5, 0.6) is 0 Å². The van der Waals surface area contributed by atoms with Gasteiger partial charge in [0.2, 0.25) is 0 Å². The van der Waals surface area contributed by atoms with Crippen LogP contribution in [0.4, 0.5) is 5.82 Å². The molecule has 9 heteroatoms. The van der Waals surface area contributed by atoms with Crippen LogP contribution in [0, 0.1) is 6.92 Å². The van der Waals surface area contributed by atoms with Gasteiger partial charge in [0.15, 0.2) is 0 Å². The van der Waals surface area contributed by atoms with Crippen LogP contribution in [0.3, 0.4) is 0 Å². The second kappa shape index (κ2) is 7.21. The fraction of sp³-hybridized carbons (Fsp3) is 0.286. The molecular formula is C21H23N7O2. The summed E-state index contributed by atoms with van der Waals surface area (Å²) in [5.74, 6) is 0.381. The van der Waals surface area contributed by atoms with E-state index in [0.717, 1.165) is 27.8 Å². The topological polar surface area (TPSA) is 130 Å². The fourth-order valence-corrected chi connectivity index (χ4v) is 4.06. The van der Waals surface area contributed by atoms with Gasteiger partial charge in [-0.2, -0.15) is 5.10 Å². The van der Waals surface area contributed by atoms with Crippen molar-refractivity contribution in [1.82, 2.24) is 24.3 Å². The van der Waals surface area contributed by atoms with E-state index < -0.39 is 12.2 Å². The van der Waals surface area contributed by atoms with Crippen molar-refractivity contribution >= 4 is 16.9 Å². The molecule has 0 amide bonds. The number of rotatable bonds is 4. The zero-order chi connectivity index (χ0) is 20.8. The second-order valence-electron chi connectivity index (χ2n) is 7.54. The summed E-state index contributed by atoms with van der Waals surface area (Å²) in [6.45, 7) is 2.30. The minimum absolute atomic E-state index is 0.254. The molecule has 1 saturated heterocycles. The van der Waals surface area contributed by atoms with Crippen LogP contribution in [-0.2, 0) is 4.74 Å². The Hall–Kier alpha value is -3.27. The Balaban J connectivity index is 1.62. The predicted octanol–water partition coefficient (Wildman–Crippen LogP) is 1.78. The minimum Gasteiger partial charge on any atom is -0.390 e. The lowest BCUT2D eigenvalue weighted by Crippen LogP contribution is -2.29. The number of hydrogen-bond donors (Lipinski definition) is 3. The zero-order valence-electron chi connectivity index (χ0n) is 16.5. The van der Waals surface area contributed by atoms with E-state index in [2.05, 4.69) is 15.1 Å². The normalized spacial score (nSPS) is 21.5. The number of ether oxygens (including phenoxy) is 1. The maximum atomic E-state index is 10.2. The summed E-state index contributed by atoms with van der Waals surface area (Å²) in [6.07, 6.45) is 6.14. The summed E-state index contributed by atoms with van der Waals surface area (Å²) in [5.41, 5.74) is 16.5. The van der Waals surface area contributed by atoms with Gasteiger partial charge < -0.3 is 25.9 Å². The number of para-hydroxylation sites is 1. The number of benzene rings is 1. The number of fused-ring (bicyclic) bond motifs is 1. The first-order chi connectivity index (χ1) is 14.6. The van der Waals surface area contributed by atoms with E-state index in [1.165, 1.54) is 6.33 Å². The Labute approximate surface area is 172 Å². The minimum atomic E-state index is -0.621. The van der Waals surface area contributed by atoms with Gasteiger partial charge in [0.05, 0.1) is 29.5 Å². The maximum Gasteiger partial charge on any atom is 0.148 e. The Morgan fingerprint density at radius 3 is 2.83 bits per heavy atom. The second-order valence-corrected chi connectivity index (χ2v) is 7.54. The van der Waals surface area contributed by atoms with E-state index in [1.54, 1.807) is 6.20 Å². The van der Waals surface area contributed by atoms with Crippen LogP contribution in [0.15, 0.2) is 49.2 Å². The van der Waals surface area contributed by atoms with E-state index in [4.69, 9.17) is 16.2 Å². The highest BCUT2D eigenvalue weighted by atomic mass is 16.5. The number of anilines is 1. The first kappa shape index (κ1) is 18.7. The number of aliphatic hydroxyl groups is 1. The summed E-state index contributed by atoms with van der Waals surface area (Å²) in [4.78, 5) is 8.61. The van der Waals surface area contributed by atoms with Crippen LogP contribution >= 0.6 is 0 Å². The van der Waals surface area contributed by atoms with Gasteiger partial charge in [-0.1, -0.05) is 18.2 Å². The van der Waals surface area contributed by atoms with E-state index in [1.807, 2.05) is 52.8 Å². The monoisotopic (exact) mass is 405 g/mol. The molecular weight excluding hydrogens is 382 g/mol. The SMILES string of the molecule is Cc1ccccc1-n1cc(-c2cn([C@H]3C[C@H](O)[C@@H](CN)O3)c3ncnc(N)c23)cn1. The lowest BCUT2D eigenvalue weighted by molar-refractivity contribution is -0.0112. The number of hydrogen-bond acceptors (Lipinski definition) is 7. The fourth-order valence-electron chi connectivity index (χ4n) is 4.06. The third-order valence-corrected chi connectivity index (χ3v) is 5.64. The highest BCUT2D eigenvalue weighted by molar-refractivity contribution is 6.00. The molecule has 154 valence electrons. The molecule has 3 aromatic heterocycles. The maximum absolute atomic E-state index is 10.2. The molecule has 1 aliphatic heterocycles. The molecule has 0 spiro atoms. The molecule has 0 saturated carbocycles. The third kappa shape index (κ3) is 2.95. The number of aliphatic hydroxyl groups excluding tert-OH is 1. The van der Waals surface area contributed by atoms with Gasteiger partial charge in [0, 0.05) is 36.5 Å². The Kier molecular flexibility index (Phi) is 4.50. The first-order valence-corrected chi connectivity index (χ1v) is 9.82. The van der Waals surface area contributed by atoms with E-state index >= 15 is 0 Å². The first-order valence-electron chi connectivity index (χ1n) is 9.82. The average molecular weight is 405 g/mol. The van der Waals surface area contributed by atoms with E-state index in [9.17, 15) is 5.11 Å². The molecule has 0 unspecified atom stereocenters. The van der Waals surface area contributed by atoms with Crippen molar-refractivity contribution < 1.29 is 9.84 Å². The summed E-state index contributed by atoms with van der Waals surface area (Å²) < 4.78 is 9.70. The van der Waals surface area contributed by atoms with Crippen LogP contribution in [0.25, 0.3) is 27.8 Å². The highest BCUT2D eigenvalue weighted by Crippen LogP contribution is 2.38. The molecule has 0 radical (unpaired) electrons. The van der Waals surface area contributed by atoms with Crippen LogP contribution in [-0.4, -0.2) is 48.2 Å². The van der Waals surface area contributed by atoms with E-state index in [0.29, 0.717) is 17.9 Å². The van der Waals surface area contributed by atoms with Gasteiger partial charge in [0.25, 0.3) is 0 Å². The molecule has 1 aromatic carbocycles. The molecule has 3 atom stereocenters. The van der Waals surface area contributed by atoms with Crippen molar-refractivity contribution in [1.29, 1.82) is 0 Å². The van der Waals surface area contributed by atoms with Crippen LogP contribution in [0.1, 0.15) is 18.2 Å². The van der Waals surface area contributed by atoms with Crippen molar-refractivity contribution in [3.05, 3.63) is 54.7 Å². The van der Waals surface area contributed by atoms with E-state index in [-0.39, 0.29) is 12.8 Å². The largest absolute Gasteiger partial charge is 0.390 e. The molecule has 5 rings (SSSR count). The summed E-state index contributed by atoms with van der Waals surface area (Å²) in [7, 11) is 0. The smallest absolute Gasteiger partial charge is 0.148 e. The predicted molar refractivity (Wildman–Crippen MR) is 113 cm³/mol. The summed E-state index contributed by atoms with van der Waals surface area (Å²) >= 11 is 0. The molecule has 1 aliphatic rings. The van der Waals surface area contributed by atoms with Gasteiger partial charge in [-0.15, -0.1) is 0 Å². The van der Waals surface area contributed by atoms with Crippen molar-refractivity contribution in [2.24, 2.45) is 5.73 Å². The Morgan fingerprint density at radius 1 is 1.23 bits per heavy atom. The van der Waals surface area contributed by atoms with Crippen LogP contribution in [0.2, 0.25) is 0 Å². The molecule has 30 heavy (non-hydrogen) atoms. The molecule has 0 bridgehead atoms. The lowest BCUT2D eigenvalue weighted by Gasteiger charge is -2.14. The molecule has 1 fully saturated rings. The van der Waals surface area contributed by atoms with Gasteiger partial charge in [-0.3, -0.25) is 0 Å². The molecule has 4 aromatic rings. The third-order valence-electron chi connectivity index (χ3n) is 5.64.